The van der Waals surface area contributed by atoms with Gasteiger partial charge < -0.3 is 16.0 Å². The van der Waals surface area contributed by atoms with Gasteiger partial charge in [-0.3, -0.25) is 9.59 Å². The third-order valence-electron chi connectivity index (χ3n) is 2.66. The van der Waals surface area contributed by atoms with Crippen molar-refractivity contribution in [1.82, 2.24) is 10.2 Å². The van der Waals surface area contributed by atoms with Crippen LogP contribution in [0.4, 0.5) is 0 Å². The first-order chi connectivity index (χ1) is 8.41. The average molecular weight is 249 g/mol. The predicted molar refractivity (Wildman–Crippen MR) is 70.0 cm³/mol. The van der Waals surface area contributed by atoms with Gasteiger partial charge in [0.05, 0.1) is 6.04 Å². The summed E-state index contributed by atoms with van der Waals surface area (Å²) in [5.74, 6) is -0.408. The summed E-state index contributed by atoms with van der Waals surface area (Å²) in [5.41, 5.74) is 6.64. The Balaban J connectivity index is 2.53. The van der Waals surface area contributed by atoms with E-state index in [4.69, 9.17) is 5.73 Å². The van der Waals surface area contributed by atoms with Crippen molar-refractivity contribution >= 4 is 11.8 Å². The van der Waals surface area contributed by atoms with Gasteiger partial charge in [-0.1, -0.05) is 12.1 Å². The van der Waals surface area contributed by atoms with E-state index < -0.39 is 5.91 Å². The molecular formula is C13H19N3O2. The molecular weight excluding hydrogens is 230 g/mol. The monoisotopic (exact) mass is 249 g/mol. The average Bonchev–Trinajstić information content (AvgIpc) is 2.35. The summed E-state index contributed by atoms with van der Waals surface area (Å²) in [6.45, 7) is 2.39. The van der Waals surface area contributed by atoms with E-state index in [0.717, 1.165) is 5.56 Å². The molecule has 0 aliphatic rings. The fraction of sp³-hybridized carbons (Fsp3) is 0.385. The molecule has 98 valence electrons. The molecule has 1 unspecified atom stereocenters. The summed E-state index contributed by atoms with van der Waals surface area (Å²) in [6.07, 6.45) is 0. The minimum atomic E-state index is -0.439. The van der Waals surface area contributed by atoms with E-state index in [-0.39, 0.29) is 11.9 Å². The molecule has 1 atom stereocenters. The smallest absolute Gasteiger partial charge is 0.248 e. The van der Waals surface area contributed by atoms with Gasteiger partial charge in [-0.25, -0.2) is 0 Å². The van der Waals surface area contributed by atoms with Gasteiger partial charge in [-0.2, -0.15) is 0 Å². The van der Waals surface area contributed by atoms with Crippen molar-refractivity contribution in [2.75, 3.05) is 14.1 Å². The lowest BCUT2D eigenvalue weighted by atomic mass is 10.1. The van der Waals surface area contributed by atoms with Crippen LogP contribution in [0, 0.1) is 0 Å². The molecule has 0 radical (unpaired) electrons. The molecule has 0 saturated heterocycles. The number of hydrogen-bond acceptors (Lipinski definition) is 3. The zero-order chi connectivity index (χ0) is 13.7. The number of primary amides is 1. The number of carbonyl (C=O) groups excluding carboxylic acids is 2. The first kappa shape index (κ1) is 14.2. The summed E-state index contributed by atoms with van der Waals surface area (Å²) < 4.78 is 0. The number of nitrogens with zero attached hydrogens (tertiary/aromatic N) is 1. The first-order valence-electron chi connectivity index (χ1n) is 5.75. The van der Waals surface area contributed by atoms with E-state index in [0.29, 0.717) is 12.1 Å². The van der Waals surface area contributed by atoms with Crippen LogP contribution in [0.3, 0.4) is 0 Å². The van der Waals surface area contributed by atoms with Crippen molar-refractivity contribution in [3.8, 4) is 0 Å². The van der Waals surface area contributed by atoms with Crippen LogP contribution in [-0.2, 0) is 11.3 Å². The second kappa shape index (κ2) is 6.16. The van der Waals surface area contributed by atoms with Gasteiger partial charge in [0.1, 0.15) is 0 Å². The normalized spacial score (nSPS) is 11.9. The number of benzene rings is 1. The SMILES string of the molecule is CC(NCc1ccc(C(N)=O)cc1)C(=O)N(C)C. The summed E-state index contributed by atoms with van der Waals surface area (Å²) in [6, 6.07) is 6.76. The largest absolute Gasteiger partial charge is 0.366 e. The lowest BCUT2D eigenvalue weighted by Crippen LogP contribution is -2.41. The summed E-state index contributed by atoms with van der Waals surface area (Å²) in [5, 5.41) is 3.12. The highest BCUT2D eigenvalue weighted by Gasteiger charge is 2.13. The van der Waals surface area contributed by atoms with Gasteiger partial charge in [0.2, 0.25) is 11.8 Å². The molecule has 0 bridgehead atoms. The van der Waals surface area contributed by atoms with Crippen molar-refractivity contribution in [3.63, 3.8) is 0 Å². The van der Waals surface area contributed by atoms with Crippen LogP contribution in [0.25, 0.3) is 0 Å². The van der Waals surface area contributed by atoms with Crippen LogP contribution >= 0.6 is 0 Å². The zero-order valence-corrected chi connectivity index (χ0v) is 10.9. The molecule has 0 aliphatic heterocycles. The summed E-state index contributed by atoms with van der Waals surface area (Å²) in [7, 11) is 3.45. The number of likely N-dealkylation sites (N-methyl/N-ethyl adjacent to an activating group) is 1. The molecule has 1 rings (SSSR count). The quantitative estimate of drug-likeness (QED) is 0.790. The van der Waals surface area contributed by atoms with E-state index in [2.05, 4.69) is 5.32 Å². The van der Waals surface area contributed by atoms with Crippen LogP contribution in [0.15, 0.2) is 24.3 Å². The summed E-state index contributed by atoms with van der Waals surface area (Å²) in [4.78, 5) is 24.1. The predicted octanol–water partition coefficient (Wildman–Crippen LogP) is 0.352. The molecule has 5 nitrogen and oxygen atoms in total. The molecule has 2 amide bonds. The fourth-order valence-electron chi connectivity index (χ4n) is 1.53. The van der Waals surface area contributed by atoms with E-state index in [1.807, 2.05) is 19.1 Å². The fourth-order valence-corrected chi connectivity index (χ4v) is 1.53. The van der Waals surface area contributed by atoms with Crippen molar-refractivity contribution in [3.05, 3.63) is 35.4 Å². The molecule has 0 fully saturated rings. The maximum absolute atomic E-state index is 11.6. The van der Waals surface area contributed by atoms with Gasteiger partial charge in [0.15, 0.2) is 0 Å². The van der Waals surface area contributed by atoms with Gasteiger partial charge >= 0.3 is 0 Å². The maximum Gasteiger partial charge on any atom is 0.248 e. The highest BCUT2D eigenvalue weighted by molar-refractivity contribution is 5.92. The Morgan fingerprint density at radius 3 is 2.28 bits per heavy atom. The Morgan fingerprint density at radius 2 is 1.83 bits per heavy atom. The number of nitrogens with one attached hydrogen (secondary N) is 1. The molecule has 0 aliphatic carbocycles. The highest BCUT2D eigenvalue weighted by Crippen LogP contribution is 2.04. The van der Waals surface area contributed by atoms with Crippen LogP contribution in [-0.4, -0.2) is 36.9 Å². The second-order valence-electron chi connectivity index (χ2n) is 4.40. The lowest BCUT2D eigenvalue weighted by Gasteiger charge is -2.18. The maximum atomic E-state index is 11.6. The zero-order valence-electron chi connectivity index (χ0n) is 10.9. The van der Waals surface area contributed by atoms with Crippen molar-refractivity contribution in [2.45, 2.75) is 19.5 Å². The Hall–Kier alpha value is -1.88. The van der Waals surface area contributed by atoms with Crippen LogP contribution in [0.2, 0.25) is 0 Å². The Bertz CT molecular complexity index is 426. The molecule has 0 spiro atoms. The van der Waals surface area contributed by atoms with Crippen molar-refractivity contribution in [2.24, 2.45) is 5.73 Å². The number of hydrogen-bond donors (Lipinski definition) is 2. The number of amides is 2. The number of carbonyl (C=O) groups is 2. The standard InChI is InChI=1S/C13H19N3O2/c1-9(13(18)16(2)3)15-8-10-4-6-11(7-5-10)12(14)17/h4-7,9,15H,8H2,1-3H3,(H2,14,17). The van der Waals surface area contributed by atoms with Crippen LogP contribution in [0.5, 0.6) is 0 Å². The van der Waals surface area contributed by atoms with E-state index in [1.165, 1.54) is 0 Å². The van der Waals surface area contributed by atoms with Gasteiger partial charge in [0.25, 0.3) is 0 Å². The van der Waals surface area contributed by atoms with E-state index in [9.17, 15) is 9.59 Å². The van der Waals surface area contributed by atoms with E-state index in [1.54, 1.807) is 31.1 Å². The van der Waals surface area contributed by atoms with Gasteiger partial charge in [-0.15, -0.1) is 0 Å². The molecule has 0 aromatic heterocycles. The van der Waals surface area contributed by atoms with Crippen molar-refractivity contribution < 1.29 is 9.59 Å². The van der Waals surface area contributed by atoms with E-state index >= 15 is 0 Å². The van der Waals surface area contributed by atoms with Gasteiger partial charge in [0, 0.05) is 26.2 Å². The molecule has 0 saturated carbocycles. The number of nitrogens with two attached hydrogens (primary N) is 1. The van der Waals surface area contributed by atoms with Crippen LogP contribution in [0.1, 0.15) is 22.8 Å². The third kappa shape index (κ3) is 3.85. The number of rotatable bonds is 5. The second-order valence-corrected chi connectivity index (χ2v) is 4.40. The van der Waals surface area contributed by atoms with Crippen LogP contribution < -0.4 is 11.1 Å². The molecule has 1 aromatic carbocycles. The Kier molecular flexibility index (Phi) is 4.85. The molecule has 3 N–H and O–H groups in total. The molecule has 5 heteroatoms. The minimum absolute atomic E-state index is 0.0313. The molecule has 18 heavy (non-hydrogen) atoms. The Morgan fingerprint density at radius 1 is 1.28 bits per heavy atom. The minimum Gasteiger partial charge on any atom is -0.366 e. The topological polar surface area (TPSA) is 75.4 Å². The lowest BCUT2D eigenvalue weighted by molar-refractivity contribution is -0.130. The van der Waals surface area contributed by atoms with Gasteiger partial charge in [-0.05, 0) is 24.6 Å². The third-order valence-corrected chi connectivity index (χ3v) is 2.66. The molecule has 0 heterocycles. The highest BCUT2D eigenvalue weighted by atomic mass is 16.2. The molecule has 1 aromatic rings. The van der Waals surface area contributed by atoms with Crippen molar-refractivity contribution in [1.29, 1.82) is 0 Å². The Labute approximate surface area is 107 Å². The summed E-state index contributed by atoms with van der Waals surface area (Å²) >= 11 is 0. The first-order valence-corrected chi connectivity index (χ1v) is 5.75.